The van der Waals surface area contributed by atoms with E-state index in [2.05, 4.69) is 4.74 Å². The van der Waals surface area contributed by atoms with Gasteiger partial charge in [-0.1, -0.05) is 6.08 Å². The minimum atomic E-state index is -0.250. The predicted octanol–water partition coefficient (Wildman–Crippen LogP) is 1.08. The molecule has 62 valence electrons. The Bertz CT molecular complexity index is 170. The van der Waals surface area contributed by atoms with Crippen molar-refractivity contribution in [2.24, 2.45) is 0 Å². The molecule has 0 saturated carbocycles. The zero-order chi connectivity index (χ0) is 8.69. The fraction of sp³-hybridized carbons (Fsp3) is 0.500. The molecule has 0 aliphatic heterocycles. The van der Waals surface area contributed by atoms with Gasteiger partial charge in [0.25, 0.3) is 0 Å². The number of allylic oxidation sites excluding steroid dienone is 2. The molecule has 0 rings (SSSR count). The van der Waals surface area contributed by atoms with Crippen LogP contribution in [0, 0.1) is 0 Å². The SMILES string of the molecule is COC(=O)CCC=C(C)C=O. The van der Waals surface area contributed by atoms with Crippen LogP contribution in [0.5, 0.6) is 0 Å². The van der Waals surface area contributed by atoms with Crippen molar-refractivity contribution >= 4 is 12.3 Å². The number of ether oxygens (including phenoxy) is 1. The largest absolute Gasteiger partial charge is 0.469 e. The number of hydrogen-bond acceptors (Lipinski definition) is 3. The lowest BCUT2D eigenvalue weighted by Gasteiger charge is -1.94. The van der Waals surface area contributed by atoms with Crippen LogP contribution in [0.25, 0.3) is 0 Å². The van der Waals surface area contributed by atoms with E-state index in [4.69, 9.17) is 0 Å². The fourth-order valence-electron chi connectivity index (χ4n) is 0.568. The molecule has 0 amide bonds. The Balaban J connectivity index is 3.56. The summed E-state index contributed by atoms with van der Waals surface area (Å²) in [7, 11) is 1.35. The first-order chi connectivity index (χ1) is 5.20. The van der Waals surface area contributed by atoms with Crippen LogP contribution in [-0.2, 0) is 14.3 Å². The maximum atomic E-state index is 10.5. The van der Waals surface area contributed by atoms with Crippen molar-refractivity contribution in [2.75, 3.05) is 7.11 Å². The normalized spacial score (nSPS) is 10.9. The smallest absolute Gasteiger partial charge is 0.305 e. The molecule has 0 radical (unpaired) electrons. The third kappa shape index (κ3) is 5.33. The molecule has 0 saturated heterocycles. The molecule has 0 atom stereocenters. The van der Waals surface area contributed by atoms with Gasteiger partial charge in [0.1, 0.15) is 6.29 Å². The third-order valence-corrected chi connectivity index (χ3v) is 1.23. The third-order valence-electron chi connectivity index (χ3n) is 1.23. The van der Waals surface area contributed by atoms with Gasteiger partial charge in [-0.25, -0.2) is 0 Å². The van der Waals surface area contributed by atoms with E-state index in [0.29, 0.717) is 18.4 Å². The zero-order valence-electron chi connectivity index (χ0n) is 6.79. The summed E-state index contributed by atoms with van der Waals surface area (Å²) in [6.07, 6.45) is 3.38. The van der Waals surface area contributed by atoms with Crippen LogP contribution in [0.15, 0.2) is 11.6 Å². The predicted molar refractivity (Wildman–Crippen MR) is 41.1 cm³/mol. The number of rotatable bonds is 4. The number of hydrogen-bond donors (Lipinski definition) is 0. The highest BCUT2D eigenvalue weighted by molar-refractivity contribution is 5.73. The van der Waals surface area contributed by atoms with E-state index in [1.54, 1.807) is 13.0 Å². The molecule has 0 aromatic carbocycles. The van der Waals surface area contributed by atoms with Crippen LogP contribution in [-0.4, -0.2) is 19.4 Å². The van der Waals surface area contributed by atoms with Gasteiger partial charge >= 0.3 is 5.97 Å². The van der Waals surface area contributed by atoms with E-state index >= 15 is 0 Å². The van der Waals surface area contributed by atoms with Gasteiger partial charge in [0.05, 0.1) is 7.11 Å². The van der Waals surface area contributed by atoms with E-state index in [1.165, 1.54) is 7.11 Å². The highest BCUT2D eigenvalue weighted by Gasteiger charge is 1.96. The highest BCUT2D eigenvalue weighted by Crippen LogP contribution is 1.96. The van der Waals surface area contributed by atoms with Crippen LogP contribution >= 0.6 is 0 Å². The Kier molecular flexibility index (Phi) is 5.07. The second-order valence-corrected chi connectivity index (χ2v) is 2.18. The maximum absolute atomic E-state index is 10.5. The molecule has 0 bridgehead atoms. The number of carbonyl (C=O) groups is 2. The lowest BCUT2D eigenvalue weighted by Crippen LogP contribution is -1.98. The molecule has 11 heavy (non-hydrogen) atoms. The maximum Gasteiger partial charge on any atom is 0.305 e. The van der Waals surface area contributed by atoms with Crippen molar-refractivity contribution in [3.8, 4) is 0 Å². The Labute approximate surface area is 66.0 Å². The molecular formula is C8H12O3. The van der Waals surface area contributed by atoms with Crippen molar-refractivity contribution in [1.82, 2.24) is 0 Å². The molecule has 0 aliphatic carbocycles. The lowest BCUT2D eigenvalue weighted by atomic mass is 10.2. The summed E-state index contributed by atoms with van der Waals surface area (Å²) in [5, 5.41) is 0. The number of methoxy groups -OCH3 is 1. The standard InChI is InChI=1S/C8H12O3/c1-7(6-9)4-3-5-8(10)11-2/h4,6H,3,5H2,1-2H3. The van der Waals surface area contributed by atoms with Crippen molar-refractivity contribution in [3.63, 3.8) is 0 Å². The van der Waals surface area contributed by atoms with Crippen molar-refractivity contribution in [2.45, 2.75) is 19.8 Å². The Morgan fingerprint density at radius 1 is 1.55 bits per heavy atom. The van der Waals surface area contributed by atoms with E-state index < -0.39 is 0 Å². The van der Waals surface area contributed by atoms with Crippen LogP contribution in [0.4, 0.5) is 0 Å². The van der Waals surface area contributed by atoms with Crippen molar-refractivity contribution in [3.05, 3.63) is 11.6 Å². The number of carbonyl (C=O) groups excluding carboxylic acids is 2. The van der Waals surface area contributed by atoms with E-state index in [0.717, 1.165) is 6.29 Å². The number of aldehydes is 1. The summed E-state index contributed by atoms with van der Waals surface area (Å²) in [6.45, 7) is 1.70. The second kappa shape index (κ2) is 5.65. The average molecular weight is 156 g/mol. The van der Waals surface area contributed by atoms with Crippen molar-refractivity contribution in [1.29, 1.82) is 0 Å². The quantitative estimate of drug-likeness (QED) is 0.347. The Hall–Kier alpha value is -1.12. The summed E-state index contributed by atoms with van der Waals surface area (Å²) >= 11 is 0. The summed E-state index contributed by atoms with van der Waals surface area (Å²) < 4.78 is 4.41. The minimum absolute atomic E-state index is 0.250. The molecule has 0 unspecified atom stereocenters. The lowest BCUT2D eigenvalue weighted by molar-refractivity contribution is -0.140. The van der Waals surface area contributed by atoms with Gasteiger partial charge in [-0.2, -0.15) is 0 Å². The van der Waals surface area contributed by atoms with Crippen LogP contribution < -0.4 is 0 Å². The van der Waals surface area contributed by atoms with Gasteiger partial charge < -0.3 is 4.74 Å². The summed E-state index contributed by atoms with van der Waals surface area (Å²) in [5.41, 5.74) is 0.647. The first-order valence-electron chi connectivity index (χ1n) is 3.39. The van der Waals surface area contributed by atoms with Gasteiger partial charge in [0.2, 0.25) is 0 Å². The zero-order valence-corrected chi connectivity index (χ0v) is 6.79. The molecule has 0 fully saturated rings. The Morgan fingerprint density at radius 2 is 2.18 bits per heavy atom. The molecule has 0 aliphatic rings. The molecule has 0 N–H and O–H groups in total. The number of esters is 1. The molecule has 0 spiro atoms. The van der Waals surface area contributed by atoms with Crippen LogP contribution in [0.3, 0.4) is 0 Å². The Morgan fingerprint density at radius 3 is 2.64 bits per heavy atom. The molecule has 0 aromatic heterocycles. The molecular weight excluding hydrogens is 144 g/mol. The second-order valence-electron chi connectivity index (χ2n) is 2.18. The van der Waals surface area contributed by atoms with Crippen molar-refractivity contribution < 1.29 is 14.3 Å². The van der Waals surface area contributed by atoms with E-state index in [1.807, 2.05) is 0 Å². The molecule has 3 heteroatoms. The van der Waals surface area contributed by atoms with Gasteiger partial charge in [-0.3, -0.25) is 9.59 Å². The minimum Gasteiger partial charge on any atom is -0.469 e. The first-order valence-corrected chi connectivity index (χ1v) is 3.39. The first kappa shape index (κ1) is 9.88. The van der Waals surface area contributed by atoms with E-state index in [9.17, 15) is 9.59 Å². The monoisotopic (exact) mass is 156 g/mol. The summed E-state index contributed by atoms with van der Waals surface area (Å²) in [5.74, 6) is -0.250. The van der Waals surface area contributed by atoms with Crippen LogP contribution in [0.2, 0.25) is 0 Å². The van der Waals surface area contributed by atoms with Gasteiger partial charge in [0, 0.05) is 6.42 Å². The van der Waals surface area contributed by atoms with Crippen LogP contribution in [0.1, 0.15) is 19.8 Å². The van der Waals surface area contributed by atoms with Gasteiger partial charge in [-0.05, 0) is 18.9 Å². The highest BCUT2D eigenvalue weighted by atomic mass is 16.5. The van der Waals surface area contributed by atoms with E-state index in [-0.39, 0.29) is 5.97 Å². The molecule has 3 nitrogen and oxygen atoms in total. The van der Waals surface area contributed by atoms with Gasteiger partial charge in [0.15, 0.2) is 0 Å². The molecule has 0 aromatic rings. The average Bonchev–Trinajstić information content (AvgIpc) is 2.04. The fourth-order valence-corrected chi connectivity index (χ4v) is 0.568. The topological polar surface area (TPSA) is 43.4 Å². The van der Waals surface area contributed by atoms with Gasteiger partial charge in [-0.15, -0.1) is 0 Å². The summed E-state index contributed by atoms with van der Waals surface area (Å²) in [4.78, 5) is 20.6. The summed E-state index contributed by atoms with van der Waals surface area (Å²) in [6, 6.07) is 0. The molecule has 0 heterocycles.